The number of halogens is 4. The Labute approximate surface area is 122 Å². The lowest BCUT2D eigenvalue weighted by molar-refractivity contribution is -0.137. The normalized spacial score (nSPS) is 11.0. The standard InChI is InChI=1S/C14H7ClF3NO2/c15-12-5-9(3-4-11(12)14(16,17)18)21-10-2-1-8(7-19)13(20)6-10/h1-6,20H. The molecule has 0 bridgehead atoms. The fourth-order valence-electron chi connectivity index (χ4n) is 1.59. The van der Waals surface area contributed by atoms with Crippen LogP contribution in [0, 0.1) is 11.3 Å². The lowest BCUT2D eigenvalue weighted by atomic mass is 10.2. The molecule has 1 N–H and O–H groups in total. The Bertz CT molecular complexity index is 723. The molecular weight excluding hydrogens is 307 g/mol. The van der Waals surface area contributed by atoms with Crippen LogP contribution < -0.4 is 4.74 Å². The van der Waals surface area contributed by atoms with Crippen LogP contribution in [-0.4, -0.2) is 5.11 Å². The molecule has 3 nitrogen and oxygen atoms in total. The van der Waals surface area contributed by atoms with Crippen LogP contribution in [0.25, 0.3) is 0 Å². The highest BCUT2D eigenvalue weighted by atomic mass is 35.5. The minimum atomic E-state index is -4.54. The second kappa shape index (κ2) is 5.54. The van der Waals surface area contributed by atoms with E-state index in [0.717, 1.165) is 18.2 Å². The van der Waals surface area contributed by atoms with Gasteiger partial charge >= 0.3 is 6.18 Å². The first-order valence-corrected chi connectivity index (χ1v) is 5.97. The summed E-state index contributed by atoms with van der Waals surface area (Å²) in [6, 6.07) is 8.64. The fourth-order valence-corrected chi connectivity index (χ4v) is 1.87. The highest BCUT2D eigenvalue weighted by Crippen LogP contribution is 2.37. The van der Waals surface area contributed by atoms with Gasteiger partial charge in [-0.05, 0) is 24.3 Å². The monoisotopic (exact) mass is 313 g/mol. The lowest BCUT2D eigenvalue weighted by Crippen LogP contribution is -2.05. The Morgan fingerprint density at radius 2 is 1.71 bits per heavy atom. The van der Waals surface area contributed by atoms with Gasteiger partial charge in [0.05, 0.1) is 16.1 Å². The molecule has 0 aliphatic heterocycles. The number of rotatable bonds is 2. The molecule has 0 atom stereocenters. The molecule has 0 amide bonds. The SMILES string of the molecule is N#Cc1ccc(Oc2ccc(C(F)(F)F)c(Cl)c2)cc1O. The van der Waals surface area contributed by atoms with Gasteiger partial charge in [-0.1, -0.05) is 11.6 Å². The van der Waals surface area contributed by atoms with Crippen LogP contribution in [0.4, 0.5) is 13.2 Å². The number of hydrogen-bond donors (Lipinski definition) is 1. The Morgan fingerprint density at radius 1 is 1.10 bits per heavy atom. The number of benzene rings is 2. The number of phenols is 1. The van der Waals surface area contributed by atoms with E-state index in [1.54, 1.807) is 6.07 Å². The van der Waals surface area contributed by atoms with E-state index in [4.69, 9.17) is 21.6 Å². The Morgan fingerprint density at radius 3 is 2.24 bits per heavy atom. The highest BCUT2D eigenvalue weighted by Gasteiger charge is 2.33. The largest absolute Gasteiger partial charge is 0.506 e. The van der Waals surface area contributed by atoms with Crippen molar-refractivity contribution in [3.63, 3.8) is 0 Å². The van der Waals surface area contributed by atoms with Gasteiger partial charge in [-0.3, -0.25) is 0 Å². The van der Waals surface area contributed by atoms with Gasteiger partial charge in [0.25, 0.3) is 0 Å². The summed E-state index contributed by atoms with van der Waals surface area (Å²) in [6.45, 7) is 0. The van der Waals surface area contributed by atoms with E-state index in [2.05, 4.69) is 0 Å². The first-order valence-electron chi connectivity index (χ1n) is 5.59. The van der Waals surface area contributed by atoms with Crippen LogP contribution in [0.1, 0.15) is 11.1 Å². The summed E-state index contributed by atoms with van der Waals surface area (Å²) in [5.74, 6) is -0.0348. The predicted molar refractivity (Wildman–Crippen MR) is 69.3 cm³/mol. The summed E-state index contributed by atoms with van der Waals surface area (Å²) in [5, 5.41) is 17.7. The van der Waals surface area contributed by atoms with Crippen molar-refractivity contribution in [1.29, 1.82) is 5.26 Å². The number of phenolic OH excluding ortho intramolecular Hbond substituents is 1. The maximum atomic E-state index is 12.6. The molecule has 0 aliphatic rings. The van der Waals surface area contributed by atoms with E-state index in [1.807, 2.05) is 0 Å². The van der Waals surface area contributed by atoms with E-state index >= 15 is 0 Å². The number of nitrogens with zero attached hydrogens (tertiary/aromatic N) is 1. The van der Waals surface area contributed by atoms with Crippen molar-refractivity contribution < 1.29 is 23.0 Å². The van der Waals surface area contributed by atoms with Crippen molar-refractivity contribution in [2.24, 2.45) is 0 Å². The molecule has 108 valence electrons. The molecule has 0 unspecified atom stereocenters. The molecule has 21 heavy (non-hydrogen) atoms. The molecule has 2 aromatic rings. The molecule has 0 heterocycles. The van der Waals surface area contributed by atoms with E-state index in [1.165, 1.54) is 18.2 Å². The fraction of sp³-hybridized carbons (Fsp3) is 0.0714. The number of nitriles is 1. The van der Waals surface area contributed by atoms with Crippen molar-refractivity contribution in [1.82, 2.24) is 0 Å². The number of hydrogen-bond acceptors (Lipinski definition) is 3. The predicted octanol–water partition coefficient (Wildman–Crippen LogP) is 4.73. The van der Waals surface area contributed by atoms with Gasteiger partial charge in [0.15, 0.2) is 0 Å². The van der Waals surface area contributed by atoms with Crippen molar-refractivity contribution in [3.05, 3.63) is 52.5 Å². The smallest absolute Gasteiger partial charge is 0.417 e. The van der Waals surface area contributed by atoms with Gasteiger partial charge in [-0.25, -0.2) is 0 Å². The van der Waals surface area contributed by atoms with E-state index in [9.17, 15) is 18.3 Å². The molecule has 2 aromatic carbocycles. The second-order valence-corrected chi connectivity index (χ2v) is 4.44. The van der Waals surface area contributed by atoms with Gasteiger partial charge in [0, 0.05) is 12.1 Å². The van der Waals surface area contributed by atoms with Crippen molar-refractivity contribution in [2.45, 2.75) is 6.18 Å². The zero-order valence-corrected chi connectivity index (χ0v) is 11.0. The summed E-state index contributed by atoms with van der Waals surface area (Å²) in [7, 11) is 0. The average molecular weight is 314 g/mol. The summed E-state index contributed by atoms with van der Waals surface area (Å²) in [6.07, 6.45) is -4.54. The van der Waals surface area contributed by atoms with Crippen LogP contribution >= 0.6 is 11.6 Å². The number of aromatic hydroxyl groups is 1. The van der Waals surface area contributed by atoms with Crippen LogP contribution in [0.5, 0.6) is 17.2 Å². The average Bonchev–Trinajstić information content (AvgIpc) is 2.37. The minimum absolute atomic E-state index is 0.0628. The molecular formula is C14H7ClF3NO2. The summed E-state index contributed by atoms with van der Waals surface area (Å²) < 4.78 is 43.0. The van der Waals surface area contributed by atoms with Crippen molar-refractivity contribution >= 4 is 11.6 Å². The molecule has 0 radical (unpaired) electrons. The summed E-state index contributed by atoms with van der Waals surface area (Å²) in [4.78, 5) is 0. The maximum absolute atomic E-state index is 12.6. The third-order valence-electron chi connectivity index (χ3n) is 2.57. The highest BCUT2D eigenvalue weighted by molar-refractivity contribution is 6.31. The molecule has 0 fully saturated rings. The van der Waals surface area contributed by atoms with E-state index in [0.29, 0.717) is 0 Å². The van der Waals surface area contributed by atoms with Crippen LogP contribution in [0.3, 0.4) is 0 Å². The van der Waals surface area contributed by atoms with Gasteiger partial charge in [0.2, 0.25) is 0 Å². The van der Waals surface area contributed by atoms with Crippen LogP contribution in [-0.2, 0) is 6.18 Å². The van der Waals surface area contributed by atoms with E-state index < -0.39 is 16.8 Å². The minimum Gasteiger partial charge on any atom is -0.506 e. The molecule has 0 spiro atoms. The Balaban J connectivity index is 2.27. The summed E-state index contributed by atoms with van der Waals surface area (Å²) >= 11 is 5.57. The third-order valence-corrected chi connectivity index (χ3v) is 2.88. The Kier molecular flexibility index (Phi) is 3.96. The first-order chi connectivity index (χ1) is 9.81. The maximum Gasteiger partial charge on any atom is 0.417 e. The van der Waals surface area contributed by atoms with Gasteiger partial charge in [-0.15, -0.1) is 0 Å². The zero-order valence-electron chi connectivity index (χ0n) is 10.3. The number of ether oxygens (including phenoxy) is 1. The van der Waals surface area contributed by atoms with Gasteiger partial charge in [0.1, 0.15) is 23.3 Å². The third kappa shape index (κ3) is 3.38. The topological polar surface area (TPSA) is 53.2 Å². The quantitative estimate of drug-likeness (QED) is 0.872. The van der Waals surface area contributed by atoms with Crippen LogP contribution in [0.15, 0.2) is 36.4 Å². The lowest BCUT2D eigenvalue weighted by Gasteiger charge is -2.11. The van der Waals surface area contributed by atoms with Gasteiger partial charge in [-0.2, -0.15) is 18.4 Å². The first kappa shape index (κ1) is 15.0. The van der Waals surface area contributed by atoms with Crippen molar-refractivity contribution in [3.8, 4) is 23.3 Å². The zero-order chi connectivity index (χ0) is 15.6. The van der Waals surface area contributed by atoms with Gasteiger partial charge < -0.3 is 9.84 Å². The molecule has 0 aliphatic carbocycles. The van der Waals surface area contributed by atoms with Crippen molar-refractivity contribution in [2.75, 3.05) is 0 Å². The molecule has 0 saturated carbocycles. The molecule has 0 saturated heterocycles. The molecule has 0 aromatic heterocycles. The van der Waals surface area contributed by atoms with Crippen LogP contribution in [0.2, 0.25) is 5.02 Å². The van der Waals surface area contributed by atoms with E-state index in [-0.39, 0.29) is 22.8 Å². The second-order valence-electron chi connectivity index (χ2n) is 4.03. The number of alkyl halides is 3. The Hall–Kier alpha value is -2.39. The molecule has 2 rings (SSSR count). The molecule has 7 heteroatoms. The summed E-state index contributed by atoms with van der Waals surface area (Å²) in [5.41, 5.74) is -0.896.